The Morgan fingerprint density at radius 2 is 1.38 bits per heavy atom. The maximum Gasteiger partial charge on any atom is 0.238 e. The van der Waals surface area contributed by atoms with Crippen LogP contribution in [0.1, 0.15) is 72.8 Å². The highest BCUT2D eigenvalue weighted by atomic mass is 16.3. The van der Waals surface area contributed by atoms with Crippen molar-refractivity contribution in [2.45, 2.75) is 72.8 Å². The third kappa shape index (κ3) is 10.3. The Kier molecular flexibility index (Phi) is 16.8. The molecule has 192 valence electrons. The minimum Gasteiger partial charge on any atom is -0.506 e. The highest BCUT2D eigenvalue weighted by Crippen LogP contribution is 2.37. The van der Waals surface area contributed by atoms with Crippen molar-refractivity contribution < 1.29 is 9.90 Å². The third-order valence-electron chi connectivity index (χ3n) is 5.40. The van der Waals surface area contributed by atoms with Crippen LogP contribution in [-0.4, -0.2) is 54.5 Å². The Morgan fingerprint density at radius 1 is 0.912 bits per heavy atom. The van der Waals surface area contributed by atoms with E-state index in [4.69, 9.17) is 0 Å². The van der Waals surface area contributed by atoms with Crippen molar-refractivity contribution in [3.63, 3.8) is 0 Å². The topological polar surface area (TPSA) is 55.8 Å². The number of amides is 1. The molecule has 2 N–H and O–H groups in total. The molecule has 3 rings (SSSR count). The smallest absolute Gasteiger partial charge is 0.238 e. The lowest BCUT2D eigenvalue weighted by Crippen LogP contribution is -2.51. The number of aromatic hydroxyl groups is 1. The van der Waals surface area contributed by atoms with Gasteiger partial charge in [0.15, 0.2) is 0 Å². The summed E-state index contributed by atoms with van der Waals surface area (Å²) in [5.41, 5.74) is 1.82. The van der Waals surface area contributed by atoms with Crippen LogP contribution in [0.15, 0.2) is 54.6 Å². The fourth-order valence-corrected chi connectivity index (χ4v) is 3.80. The van der Waals surface area contributed by atoms with E-state index in [0.29, 0.717) is 12.2 Å². The van der Waals surface area contributed by atoms with Gasteiger partial charge in [0.1, 0.15) is 5.75 Å². The molecule has 0 bridgehead atoms. The lowest BCUT2D eigenvalue weighted by molar-refractivity contribution is -0.118. The summed E-state index contributed by atoms with van der Waals surface area (Å²) in [7, 11) is 4.26. The summed E-state index contributed by atoms with van der Waals surface area (Å²) in [5, 5.41) is 12.6. The lowest BCUT2D eigenvalue weighted by atomic mass is 9.80. The minimum atomic E-state index is -0.0939. The molecule has 0 spiro atoms. The van der Waals surface area contributed by atoms with Crippen LogP contribution >= 0.6 is 0 Å². The average molecular weight is 472 g/mol. The van der Waals surface area contributed by atoms with Crippen LogP contribution in [0.5, 0.6) is 5.75 Å². The van der Waals surface area contributed by atoms with Crippen LogP contribution in [0.4, 0.5) is 5.69 Å². The summed E-state index contributed by atoms with van der Waals surface area (Å²) >= 11 is 0. The van der Waals surface area contributed by atoms with Crippen molar-refractivity contribution in [2.75, 3.05) is 39.0 Å². The van der Waals surface area contributed by atoms with Gasteiger partial charge < -0.3 is 10.4 Å². The SMILES string of the molecule is CC.CCC.CCC.CN(C)C1(c2ccccc2)CCN(CC(=O)Nc2ccccc2O)CC1. The normalized spacial score (nSPS) is 14.4. The van der Waals surface area contributed by atoms with E-state index >= 15 is 0 Å². The number of phenolic OH excluding ortho intramolecular Hbond substituents is 1. The largest absolute Gasteiger partial charge is 0.506 e. The van der Waals surface area contributed by atoms with E-state index in [9.17, 15) is 9.90 Å². The molecular formula is C29H49N3O2. The molecular weight excluding hydrogens is 422 g/mol. The molecule has 0 radical (unpaired) electrons. The first-order chi connectivity index (χ1) is 16.3. The van der Waals surface area contributed by atoms with Crippen molar-refractivity contribution in [3.8, 4) is 5.75 Å². The van der Waals surface area contributed by atoms with E-state index in [1.54, 1.807) is 24.3 Å². The zero-order valence-corrected chi connectivity index (χ0v) is 22.9. The van der Waals surface area contributed by atoms with Gasteiger partial charge in [-0.15, -0.1) is 0 Å². The Hall–Kier alpha value is -2.37. The molecule has 5 heteroatoms. The van der Waals surface area contributed by atoms with Crippen LogP contribution in [0, 0.1) is 0 Å². The summed E-state index contributed by atoms with van der Waals surface area (Å²) in [6, 6.07) is 17.4. The molecule has 34 heavy (non-hydrogen) atoms. The molecule has 1 aliphatic rings. The number of carbonyl (C=O) groups is 1. The number of nitrogens with one attached hydrogen (secondary N) is 1. The molecule has 1 amide bonds. The standard InChI is InChI=1S/C21H27N3O2.2C3H8.C2H6/c1-23(2)21(17-8-4-3-5-9-17)12-14-24(15-13-21)16-20(26)22-18-10-6-7-11-19(18)25;2*1-3-2;1-2/h3-11,25H,12-16H2,1-2H3,(H,22,26);2*3H2,1-2H3;1-2H3. The maximum atomic E-state index is 12.3. The number of benzene rings is 2. The minimum absolute atomic E-state index is 0.0198. The second-order valence-corrected chi connectivity index (χ2v) is 8.55. The zero-order valence-electron chi connectivity index (χ0n) is 22.9. The van der Waals surface area contributed by atoms with Crippen LogP contribution in [0.3, 0.4) is 0 Å². The number of likely N-dealkylation sites (tertiary alicyclic amines) is 1. The molecule has 5 nitrogen and oxygen atoms in total. The monoisotopic (exact) mass is 471 g/mol. The highest BCUT2D eigenvalue weighted by molar-refractivity contribution is 5.93. The van der Waals surface area contributed by atoms with E-state index in [1.807, 2.05) is 19.9 Å². The van der Waals surface area contributed by atoms with Crippen molar-refractivity contribution in [3.05, 3.63) is 60.2 Å². The number of hydrogen-bond donors (Lipinski definition) is 2. The van der Waals surface area contributed by atoms with E-state index < -0.39 is 0 Å². The van der Waals surface area contributed by atoms with Gasteiger partial charge in [0.25, 0.3) is 0 Å². The molecule has 2 aromatic carbocycles. The number of rotatable bonds is 5. The predicted molar refractivity (Wildman–Crippen MR) is 147 cm³/mol. The Bertz CT molecular complexity index is 768. The molecule has 1 fully saturated rings. The van der Waals surface area contributed by atoms with Gasteiger partial charge in [-0.2, -0.15) is 0 Å². The van der Waals surface area contributed by atoms with E-state index in [-0.39, 0.29) is 17.2 Å². The molecule has 0 unspecified atom stereocenters. The quantitative estimate of drug-likeness (QED) is 0.474. The summed E-state index contributed by atoms with van der Waals surface area (Å²) in [6.45, 7) is 14.6. The summed E-state index contributed by atoms with van der Waals surface area (Å²) in [5.74, 6) is -0.00115. The number of nitrogens with zero attached hydrogens (tertiary/aromatic N) is 2. The molecule has 0 aromatic heterocycles. The van der Waals surface area contributed by atoms with Gasteiger partial charge in [-0.3, -0.25) is 14.6 Å². The van der Waals surface area contributed by atoms with E-state index in [1.165, 1.54) is 18.4 Å². The Labute approximate surface area is 209 Å². The average Bonchev–Trinajstić information content (AvgIpc) is 2.84. The first kappa shape index (κ1) is 31.6. The Morgan fingerprint density at radius 3 is 1.85 bits per heavy atom. The van der Waals surface area contributed by atoms with Crippen LogP contribution in [0.2, 0.25) is 0 Å². The van der Waals surface area contributed by atoms with Gasteiger partial charge in [-0.05, 0) is 44.6 Å². The van der Waals surface area contributed by atoms with Gasteiger partial charge in [0.2, 0.25) is 5.91 Å². The molecule has 1 saturated heterocycles. The zero-order chi connectivity index (χ0) is 26.0. The number of anilines is 1. The number of para-hydroxylation sites is 2. The van der Waals surface area contributed by atoms with Crippen LogP contribution < -0.4 is 5.32 Å². The second-order valence-electron chi connectivity index (χ2n) is 8.55. The molecule has 2 aromatic rings. The number of piperidine rings is 1. The van der Waals surface area contributed by atoms with E-state index in [2.05, 4.69) is 81.2 Å². The summed E-state index contributed by atoms with van der Waals surface area (Å²) in [4.78, 5) is 16.8. The van der Waals surface area contributed by atoms with Crippen LogP contribution in [0.25, 0.3) is 0 Å². The van der Waals surface area contributed by atoms with Crippen molar-refractivity contribution in [2.24, 2.45) is 0 Å². The van der Waals surface area contributed by atoms with Gasteiger partial charge in [-0.1, -0.05) is 96.8 Å². The molecule has 0 saturated carbocycles. The van der Waals surface area contributed by atoms with Crippen molar-refractivity contribution >= 4 is 11.6 Å². The molecule has 1 aliphatic heterocycles. The Balaban J connectivity index is 0.00000121. The fourth-order valence-electron chi connectivity index (χ4n) is 3.80. The van der Waals surface area contributed by atoms with Gasteiger partial charge in [0.05, 0.1) is 12.2 Å². The molecule has 1 heterocycles. The number of carbonyl (C=O) groups excluding carboxylic acids is 1. The lowest BCUT2D eigenvalue weighted by Gasteiger charge is -2.46. The number of phenols is 1. The van der Waals surface area contributed by atoms with E-state index in [0.717, 1.165) is 25.9 Å². The summed E-state index contributed by atoms with van der Waals surface area (Å²) < 4.78 is 0. The third-order valence-corrected chi connectivity index (χ3v) is 5.40. The molecule has 0 aliphatic carbocycles. The van der Waals surface area contributed by atoms with Crippen molar-refractivity contribution in [1.82, 2.24) is 9.80 Å². The first-order valence-electron chi connectivity index (χ1n) is 12.9. The second kappa shape index (κ2) is 18.0. The number of hydrogen-bond acceptors (Lipinski definition) is 4. The predicted octanol–water partition coefficient (Wildman–Crippen LogP) is 6.74. The van der Waals surface area contributed by atoms with Gasteiger partial charge >= 0.3 is 0 Å². The highest BCUT2D eigenvalue weighted by Gasteiger charge is 2.38. The van der Waals surface area contributed by atoms with Gasteiger partial charge in [-0.25, -0.2) is 0 Å². The van der Waals surface area contributed by atoms with Crippen molar-refractivity contribution in [1.29, 1.82) is 0 Å². The maximum absolute atomic E-state index is 12.3. The van der Waals surface area contributed by atoms with Gasteiger partial charge in [0, 0.05) is 18.6 Å². The first-order valence-corrected chi connectivity index (χ1v) is 12.9. The summed E-state index contributed by atoms with van der Waals surface area (Å²) in [6.07, 6.45) is 4.46. The fraction of sp³-hybridized carbons (Fsp3) is 0.552. The van der Waals surface area contributed by atoms with Crippen LogP contribution in [-0.2, 0) is 10.3 Å². The molecule has 0 atom stereocenters.